The fourth-order valence-electron chi connectivity index (χ4n) is 3.65. The Morgan fingerprint density at radius 2 is 1.81 bits per heavy atom. The van der Waals surface area contributed by atoms with Gasteiger partial charge in [-0.3, -0.25) is 14.2 Å². The molecule has 0 saturated heterocycles. The summed E-state index contributed by atoms with van der Waals surface area (Å²) in [6, 6.07) is 12.4. The van der Waals surface area contributed by atoms with Gasteiger partial charge in [0.2, 0.25) is 0 Å². The summed E-state index contributed by atoms with van der Waals surface area (Å²) in [6.07, 6.45) is 4.74. The van der Waals surface area contributed by atoms with E-state index in [9.17, 15) is 9.59 Å². The summed E-state index contributed by atoms with van der Waals surface area (Å²) < 4.78 is 7.67. The van der Waals surface area contributed by atoms with E-state index in [1.54, 1.807) is 58.3 Å². The number of aromatic nitrogens is 3. The maximum absolute atomic E-state index is 13.3. The van der Waals surface area contributed by atoms with E-state index < -0.39 is 0 Å². The average molecular weight is 454 g/mol. The molecule has 4 rings (SSSR count). The zero-order chi connectivity index (χ0) is 22.5. The Morgan fingerprint density at radius 1 is 1.03 bits per heavy atom. The minimum Gasteiger partial charge on any atom is -0.491 e. The molecule has 0 saturated carbocycles. The Kier molecular flexibility index (Phi) is 6.70. The molecule has 0 fully saturated rings. The summed E-state index contributed by atoms with van der Waals surface area (Å²) in [5, 5.41) is 8.12. The number of hydrogen-bond acceptors (Lipinski definition) is 5. The van der Waals surface area contributed by atoms with E-state index in [-0.39, 0.29) is 18.4 Å². The molecule has 0 aliphatic carbocycles. The van der Waals surface area contributed by atoms with Crippen molar-refractivity contribution in [1.82, 2.24) is 24.6 Å². The topological polar surface area (TPSA) is 80.6 Å². The van der Waals surface area contributed by atoms with Gasteiger partial charge < -0.3 is 14.5 Å². The van der Waals surface area contributed by atoms with Crippen LogP contribution in [0.15, 0.2) is 55.1 Å². The molecule has 0 N–H and O–H groups in total. The lowest BCUT2D eigenvalue weighted by Crippen LogP contribution is -2.37. The summed E-state index contributed by atoms with van der Waals surface area (Å²) in [5.74, 6) is 0.275. The number of carbonyl (C=O) groups is 2. The summed E-state index contributed by atoms with van der Waals surface area (Å²) in [7, 11) is 1.76. The Labute approximate surface area is 191 Å². The maximum Gasteiger partial charge on any atom is 0.257 e. The molecule has 0 atom stereocenters. The van der Waals surface area contributed by atoms with E-state index in [4.69, 9.17) is 16.3 Å². The fraction of sp³-hybridized carbons (Fsp3) is 0.304. The quantitative estimate of drug-likeness (QED) is 0.594. The summed E-state index contributed by atoms with van der Waals surface area (Å²) >= 11 is 6.11. The van der Waals surface area contributed by atoms with Crippen LogP contribution in [-0.4, -0.2) is 69.7 Å². The zero-order valence-corrected chi connectivity index (χ0v) is 18.5. The van der Waals surface area contributed by atoms with E-state index in [1.165, 1.54) is 0 Å². The van der Waals surface area contributed by atoms with Crippen molar-refractivity contribution in [3.63, 3.8) is 0 Å². The monoisotopic (exact) mass is 453 g/mol. The van der Waals surface area contributed by atoms with Crippen LogP contribution in [0.1, 0.15) is 33.6 Å². The molecule has 3 aromatic rings. The van der Waals surface area contributed by atoms with Crippen molar-refractivity contribution in [3.8, 4) is 11.4 Å². The lowest BCUT2D eigenvalue weighted by molar-refractivity contribution is 0.0704. The lowest BCUT2D eigenvalue weighted by atomic mass is 10.1. The average Bonchev–Trinajstić information content (AvgIpc) is 3.35. The van der Waals surface area contributed by atoms with Gasteiger partial charge in [0.1, 0.15) is 25.0 Å². The number of amides is 2. The SMILES string of the molecule is CN1CCCCN(C(=O)c2cccc(-n3cnnc3)c2)CCOc2ccc(Cl)cc2C1=O. The molecule has 9 heteroatoms. The van der Waals surface area contributed by atoms with Crippen molar-refractivity contribution in [2.24, 2.45) is 0 Å². The molecule has 8 nitrogen and oxygen atoms in total. The van der Waals surface area contributed by atoms with Crippen molar-refractivity contribution >= 4 is 23.4 Å². The summed E-state index contributed by atoms with van der Waals surface area (Å²) in [4.78, 5) is 29.6. The molecule has 0 unspecified atom stereocenters. The van der Waals surface area contributed by atoms with Gasteiger partial charge in [0.25, 0.3) is 11.8 Å². The van der Waals surface area contributed by atoms with E-state index in [2.05, 4.69) is 10.2 Å². The van der Waals surface area contributed by atoms with Crippen molar-refractivity contribution in [3.05, 3.63) is 71.3 Å². The van der Waals surface area contributed by atoms with E-state index >= 15 is 0 Å². The first kappa shape index (κ1) is 21.8. The predicted octanol–water partition coefficient (Wildman–Crippen LogP) is 3.31. The third-order valence-electron chi connectivity index (χ3n) is 5.41. The standard InChI is InChI=1S/C23H24ClN5O3/c1-27-9-2-3-10-28(11-12-32-21-8-7-18(24)14-20(21)23(27)31)22(30)17-5-4-6-19(13-17)29-15-25-26-16-29/h4-8,13-16H,2-3,9-12H2,1H3. The highest BCUT2D eigenvalue weighted by atomic mass is 35.5. The number of ether oxygens (including phenoxy) is 1. The van der Waals surface area contributed by atoms with E-state index in [0.29, 0.717) is 41.5 Å². The van der Waals surface area contributed by atoms with Crippen molar-refractivity contribution in [1.29, 1.82) is 0 Å². The highest BCUT2D eigenvalue weighted by Gasteiger charge is 2.21. The van der Waals surface area contributed by atoms with Gasteiger partial charge in [-0.2, -0.15) is 0 Å². The maximum atomic E-state index is 13.3. The van der Waals surface area contributed by atoms with Gasteiger partial charge in [-0.05, 0) is 49.2 Å². The minimum absolute atomic E-state index is 0.0682. The van der Waals surface area contributed by atoms with Crippen LogP contribution in [0, 0.1) is 0 Å². The molecule has 0 spiro atoms. The molecule has 0 bridgehead atoms. The molecule has 2 heterocycles. The molecule has 166 valence electrons. The van der Waals surface area contributed by atoms with Crippen LogP contribution < -0.4 is 4.74 Å². The van der Waals surface area contributed by atoms with Gasteiger partial charge in [-0.15, -0.1) is 10.2 Å². The molecule has 1 aromatic heterocycles. The molecule has 32 heavy (non-hydrogen) atoms. The second kappa shape index (κ2) is 9.82. The van der Waals surface area contributed by atoms with Crippen molar-refractivity contribution < 1.29 is 14.3 Å². The Balaban J connectivity index is 1.54. The first-order chi connectivity index (χ1) is 15.5. The second-order valence-electron chi connectivity index (χ2n) is 7.63. The number of rotatable bonds is 2. The number of carbonyl (C=O) groups excluding carboxylic acids is 2. The molecule has 2 amide bonds. The summed E-state index contributed by atoms with van der Waals surface area (Å²) in [6.45, 7) is 1.83. The van der Waals surface area contributed by atoms with Crippen LogP contribution in [0.25, 0.3) is 5.69 Å². The van der Waals surface area contributed by atoms with Crippen molar-refractivity contribution in [2.75, 3.05) is 33.3 Å². The number of fused-ring (bicyclic) bond motifs is 1. The third kappa shape index (κ3) is 4.91. The van der Waals surface area contributed by atoms with Crippen LogP contribution in [0.4, 0.5) is 0 Å². The normalized spacial score (nSPS) is 15.4. The number of nitrogens with zero attached hydrogens (tertiary/aromatic N) is 5. The van der Waals surface area contributed by atoms with E-state index in [1.807, 2.05) is 18.2 Å². The Bertz CT molecular complexity index is 1100. The van der Waals surface area contributed by atoms with Crippen LogP contribution in [0.3, 0.4) is 0 Å². The first-order valence-corrected chi connectivity index (χ1v) is 10.8. The fourth-order valence-corrected chi connectivity index (χ4v) is 3.82. The molecule has 0 radical (unpaired) electrons. The largest absolute Gasteiger partial charge is 0.491 e. The van der Waals surface area contributed by atoms with Gasteiger partial charge in [0, 0.05) is 36.4 Å². The third-order valence-corrected chi connectivity index (χ3v) is 5.64. The van der Waals surface area contributed by atoms with Gasteiger partial charge >= 0.3 is 0 Å². The van der Waals surface area contributed by atoms with Gasteiger partial charge in [0.05, 0.1) is 12.1 Å². The van der Waals surface area contributed by atoms with Crippen LogP contribution in [-0.2, 0) is 0 Å². The zero-order valence-electron chi connectivity index (χ0n) is 17.8. The summed E-state index contributed by atoms with van der Waals surface area (Å²) in [5.41, 5.74) is 1.83. The molecular weight excluding hydrogens is 430 g/mol. The molecule has 1 aliphatic heterocycles. The van der Waals surface area contributed by atoms with Gasteiger partial charge in [-0.1, -0.05) is 17.7 Å². The van der Waals surface area contributed by atoms with Gasteiger partial charge in [-0.25, -0.2) is 0 Å². The predicted molar refractivity (Wildman–Crippen MR) is 120 cm³/mol. The molecular formula is C23H24ClN5O3. The lowest BCUT2D eigenvalue weighted by Gasteiger charge is -2.26. The van der Waals surface area contributed by atoms with Crippen LogP contribution in [0.2, 0.25) is 5.02 Å². The van der Waals surface area contributed by atoms with Crippen molar-refractivity contribution in [2.45, 2.75) is 12.8 Å². The Hall–Kier alpha value is -3.39. The number of benzene rings is 2. The van der Waals surface area contributed by atoms with E-state index in [0.717, 1.165) is 18.5 Å². The smallest absolute Gasteiger partial charge is 0.257 e. The molecule has 1 aliphatic rings. The van der Waals surface area contributed by atoms with Crippen LogP contribution >= 0.6 is 11.6 Å². The number of halogens is 1. The molecule has 2 aromatic carbocycles. The first-order valence-electron chi connectivity index (χ1n) is 10.4. The highest BCUT2D eigenvalue weighted by Crippen LogP contribution is 2.25. The Morgan fingerprint density at radius 3 is 2.62 bits per heavy atom. The minimum atomic E-state index is -0.123. The van der Waals surface area contributed by atoms with Crippen LogP contribution in [0.5, 0.6) is 5.75 Å². The second-order valence-corrected chi connectivity index (χ2v) is 8.07. The van der Waals surface area contributed by atoms with Gasteiger partial charge in [0.15, 0.2) is 0 Å². The highest BCUT2D eigenvalue weighted by molar-refractivity contribution is 6.31. The number of hydrogen-bond donors (Lipinski definition) is 0.